The van der Waals surface area contributed by atoms with Crippen LogP contribution < -0.4 is 0 Å². The highest BCUT2D eigenvalue weighted by atomic mass is 14.9. The molecule has 98 valence electrons. The van der Waals surface area contributed by atoms with E-state index in [-0.39, 0.29) is 10.8 Å². The van der Waals surface area contributed by atoms with Crippen molar-refractivity contribution >= 4 is 0 Å². The number of nitrogens with one attached hydrogen (secondary N) is 1. The smallest absolute Gasteiger partial charge is 0.111 e. The highest BCUT2D eigenvalue weighted by molar-refractivity contribution is 5.16. The Morgan fingerprint density at radius 2 is 1.53 bits per heavy atom. The Bertz CT molecular complexity index is 315. The van der Waals surface area contributed by atoms with Gasteiger partial charge in [0.05, 0.1) is 0 Å². The fraction of sp³-hybridized carbons (Fsp3) is 0.800. The third kappa shape index (κ3) is 3.34. The van der Waals surface area contributed by atoms with Gasteiger partial charge in [-0.1, -0.05) is 54.4 Å². The van der Waals surface area contributed by atoms with Crippen molar-refractivity contribution in [1.82, 2.24) is 9.97 Å². The van der Waals surface area contributed by atoms with Crippen molar-refractivity contribution in [2.45, 2.75) is 78.1 Å². The van der Waals surface area contributed by atoms with Gasteiger partial charge in [-0.15, -0.1) is 0 Å². The first-order chi connectivity index (χ1) is 7.83. The van der Waals surface area contributed by atoms with Crippen LogP contribution >= 0.6 is 0 Å². The second kappa shape index (κ2) is 5.24. The first-order valence-electron chi connectivity index (χ1n) is 6.89. The van der Waals surface area contributed by atoms with Crippen molar-refractivity contribution in [1.29, 1.82) is 0 Å². The first kappa shape index (κ1) is 14.3. The maximum atomic E-state index is 4.60. The molecule has 0 atom stereocenters. The Morgan fingerprint density at radius 1 is 1.00 bits per heavy atom. The van der Waals surface area contributed by atoms with Crippen LogP contribution in [0.2, 0.25) is 0 Å². The average molecular weight is 236 g/mol. The van der Waals surface area contributed by atoms with E-state index in [1.165, 1.54) is 31.4 Å². The van der Waals surface area contributed by atoms with Gasteiger partial charge in [0.15, 0.2) is 0 Å². The summed E-state index contributed by atoms with van der Waals surface area (Å²) in [5, 5.41) is 0. The summed E-state index contributed by atoms with van der Waals surface area (Å²) in [5.41, 5.74) is 1.65. The molecule has 1 aromatic heterocycles. The van der Waals surface area contributed by atoms with Gasteiger partial charge in [0.1, 0.15) is 5.82 Å². The van der Waals surface area contributed by atoms with Crippen LogP contribution in [0.15, 0.2) is 6.20 Å². The molecular formula is C15H28N2. The second-order valence-corrected chi connectivity index (χ2v) is 6.41. The molecule has 2 nitrogen and oxygen atoms in total. The van der Waals surface area contributed by atoms with E-state index in [9.17, 15) is 0 Å². The number of hydrogen-bond donors (Lipinski definition) is 1. The van der Waals surface area contributed by atoms with Gasteiger partial charge in [0, 0.05) is 22.7 Å². The zero-order valence-corrected chi connectivity index (χ0v) is 12.4. The third-order valence-electron chi connectivity index (χ3n) is 3.70. The lowest BCUT2D eigenvalue weighted by Crippen LogP contribution is -2.21. The lowest BCUT2D eigenvalue weighted by atomic mass is 9.84. The van der Waals surface area contributed by atoms with Gasteiger partial charge in [-0.2, -0.15) is 0 Å². The predicted molar refractivity (Wildman–Crippen MR) is 74.5 cm³/mol. The third-order valence-corrected chi connectivity index (χ3v) is 3.70. The molecule has 1 heterocycles. The van der Waals surface area contributed by atoms with Crippen molar-refractivity contribution < 1.29 is 0 Å². The van der Waals surface area contributed by atoms with Gasteiger partial charge < -0.3 is 4.98 Å². The fourth-order valence-corrected chi connectivity index (χ4v) is 2.51. The van der Waals surface area contributed by atoms with Crippen molar-refractivity contribution in [3.05, 3.63) is 17.7 Å². The van der Waals surface area contributed by atoms with E-state index >= 15 is 0 Å². The fourth-order valence-electron chi connectivity index (χ4n) is 2.51. The molecule has 0 saturated heterocycles. The van der Waals surface area contributed by atoms with Crippen molar-refractivity contribution in [2.24, 2.45) is 0 Å². The summed E-state index contributed by atoms with van der Waals surface area (Å²) in [7, 11) is 0. The van der Waals surface area contributed by atoms with Crippen LogP contribution in [-0.4, -0.2) is 9.97 Å². The maximum absolute atomic E-state index is 4.60. The van der Waals surface area contributed by atoms with Crippen LogP contribution in [-0.2, 0) is 10.8 Å². The SMILES string of the molecule is CCCC(C)(C)c1cnc(C(C)(C)CCC)[nH]1. The van der Waals surface area contributed by atoms with Gasteiger partial charge in [-0.25, -0.2) is 4.98 Å². The summed E-state index contributed by atoms with van der Waals surface area (Å²) >= 11 is 0. The molecule has 0 bridgehead atoms. The minimum absolute atomic E-state index is 0.162. The summed E-state index contributed by atoms with van der Waals surface area (Å²) in [4.78, 5) is 8.15. The lowest BCUT2D eigenvalue weighted by Gasteiger charge is -2.24. The number of rotatable bonds is 6. The number of imidazole rings is 1. The second-order valence-electron chi connectivity index (χ2n) is 6.41. The Balaban J connectivity index is 2.91. The Kier molecular flexibility index (Phi) is 4.40. The van der Waals surface area contributed by atoms with Gasteiger partial charge in [-0.05, 0) is 12.8 Å². The van der Waals surface area contributed by atoms with Crippen LogP contribution in [0.25, 0.3) is 0 Å². The normalized spacial score (nSPS) is 13.1. The van der Waals surface area contributed by atoms with Gasteiger partial charge in [0.2, 0.25) is 0 Å². The summed E-state index contributed by atoms with van der Waals surface area (Å²) in [6.07, 6.45) is 6.81. The Hall–Kier alpha value is -0.790. The molecule has 0 fully saturated rings. The Labute approximate surface area is 106 Å². The van der Waals surface area contributed by atoms with Crippen molar-refractivity contribution in [2.75, 3.05) is 0 Å². The van der Waals surface area contributed by atoms with Crippen LogP contribution in [0.4, 0.5) is 0 Å². The van der Waals surface area contributed by atoms with E-state index in [1.54, 1.807) is 0 Å². The van der Waals surface area contributed by atoms with Gasteiger partial charge in [-0.3, -0.25) is 0 Å². The molecule has 0 amide bonds. The summed E-state index contributed by atoms with van der Waals surface area (Å²) in [6.45, 7) is 13.6. The molecule has 2 heteroatoms. The van der Waals surface area contributed by atoms with E-state index < -0.39 is 0 Å². The number of H-pyrrole nitrogens is 1. The van der Waals surface area contributed by atoms with Crippen LogP contribution in [0.1, 0.15) is 78.7 Å². The first-order valence-corrected chi connectivity index (χ1v) is 6.89. The minimum Gasteiger partial charge on any atom is -0.345 e. The molecule has 0 aromatic carbocycles. The molecule has 17 heavy (non-hydrogen) atoms. The molecule has 1 aromatic rings. The van der Waals surface area contributed by atoms with Gasteiger partial charge >= 0.3 is 0 Å². The predicted octanol–water partition coefficient (Wildman–Crippen LogP) is 4.57. The highest BCUT2D eigenvalue weighted by Crippen LogP contribution is 2.31. The average Bonchev–Trinajstić information content (AvgIpc) is 2.67. The van der Waals surface area contributed by atoms with Crippen LogP contribution in [0.5, 0.6) is 0 Å². The van der Waals surface area contributed by atoms with Crippen LogP contribution in [0.3, 0.4) is 0 Å². The minimum atomic E-state index is 0.162. The monoisotopic (exact) mass is 236 g/mol. The molecule has 0 aliphatic heterocycles. The zero-order chi connectivity index (χ0) is 13.1. The summed E-state index contributed by atoms with van der Waals surface area (Å²) in [5.74, 6) is 1.14. The molecule has 0 spiro atoms. The number of hydrogen-bond acceptors (Lipinski definition) is 1. The summed E-state index contributed by atoms with van der Waals surface area (Å²) < 4.78 is 0. The molecule has 0 aliphatic carbocycles. The molecule has 0 aliphatic rings. The molecular weight excluding hydrogens is 208 g/mol. The molecule has 0 saturated carbocycles. The standard InChI is InChI=1S/C15H28N2/c1-7-9-14(3,4)12-11-16-13(17-12)15(5,6)10-8-2/h11H,7-10H2,1-6H3,(H,16,17). The topological polar surface area (TPSA) is 28.7 Å². The zero-order valence-electron chi connectivity index (χ0n) is 12.4. The van der Waals surface area contributed by atoms with Crippen molar-refractivity contribution in [3.63, 3.8) is 0 Å². The van der Waals surface area contributed by atoms with E-state index in [0.29, 0.717) is 0 Å². The molecule has 1 N–H and O–H groups in total. The Morgan fingerprint density at radius 3 is 2.06 bits per heavy atom. The number of nitrogens with zero attached hydrogens (tertiary/aromatic N) is 1. The molecule has 0 radical (unpaired) electrons. The summed E-state index contributed by atoms with van der Waals surface area (Å²) in [6, 6.07) is 0. The largest absolute Gasteiger partial charge is 0.345 e. The number of aromatic nitrogens is 2. The van der Waals surface area contributed by atoms with E-state index in [1.807, 2.05) is 6.20 Å². The highest BCUT2D eigenvalue weighted by Gasteiger charge is 2.27. The molecule has 1 rings (SSSR count). The van der Waals surface area contributed by atoms with E-state index in [4.69, 9.17) is 0 Å². The van der Waals surface area contributed by atoms with Gasteiger partial charge in [0.25, 0.3) is 0 Å². The van der Waals surface area contributed by atoms with Crippen LogP contribution in [0, 0.1) is 0 Å². The molecule has 0 unspecified atom stereocenters. The quantitative estimate of drug-likeness (QED) is 0.770. The van der Waals surface area contributed by atoms with E-state index in [2.05, 4.69) is 51.5 Å². The number of aromatic amines is 1. The van der Waals surface area contributed by atoms with E-state index in [0.717, 1.165) is 5.82 Å². The maximum Gasteiger partial charge on any atom is 0.111 e. The van der Waals surface area contributed by atoms with Crippen molar-refractivity contribution in [3.8, 4) is 0 Å². The lowest BCUT2D eigenvalue weighted by molar-refractivity contribution is 0.435.